The lowest BCUT2D eigenvalue weighted by molar-refractivity contribution is -0.146. The van der Waals surface area contributed by atoms with Gasteiger partial charge in [-0.1, -0.05) is 13.3 Å². The number of carbonyl (C=O) groups is 1. The van der Waals surface area contributed by atoms with Gasteiger partial charge in [0.05, 0.1) is 13.0 Å². The Kier molecular flexibility index (Phi) is 4.66. The summed E-state index contributed by atoms with van der Waals surface area (Å²) in [5.41, 5.74) is 0.128. The van der Waals surface area contributed by atoms with Gasteiger partial charge in [0.25, 0.3) is 0 Å². The van der Waals surface area contributed by atoms with Crippen LogP contribution in [0.25, 0.3) is 0 Å². The summed E-state index contributed by atoms with van der Waals surface area (Å²) in [5.74, 6) is 0.807. The molecule has 0 aromatic rings. The zero-order valence-electron chi connectivity index (χ0n) is 11.9. The van der Waals surface area contributed by atoms with Crippen molar-refractivity contribution in [2.45, 2.75) is 64.3 Å². The maximum Gasteiger partial charge on any atom is 0.307 e. The van der Waals surface area contributed by atoms with Crippen molar-refractivity contribution in [3.05, 3.63) is 0 Å². The second kappa shape index (κ2) is 6.05. The lowest BCUT2D eigenvalue weighted by Gasteiger charge is -2.38. The minimum Gasteiger partial charge on any atom is -0.466 e. The Morgan fingerprint density at radius 1 is 1.33 bits per heavy atom. The van der Waals surface area contributed by atoms with Crippen molar-refractivity contribution in [2.24, 2.45) is 5.92 Å². The van der Waals surface area contributed by atoms with E-state index in [4.69, 9.17) is 4.74 Å². The quantitative estimate of drug-likeness (QED) is 0.705. The molecule has 0 spiro atoms. The average Bonchev–Trinajstić information content (AvgIpc) is 2.97. The third-order valence-electron chi connectivity index (χ3n) is 4.82. The molecule has 18 heavy (non-hydrogen) atoms. The summed E-state index contributed by atoms with van der Waals surface area (Å²) in [6.45, 7) is 7.02. The maximum atomic E-state index is 11.9. The lowest BCUT2D eigenvalue weighted by atomic mass is 9.89. The van der Waals surface area contributed by atoms with Gasteiger partial charge in [-0.3, -0.25) is 9.69 Å². The van der Waals surface area contributed by atoms with Gasteiger partial charge in [-0.25, -0.2) is 0 Å². The molecule has 3 heteroatoms. The second-order valence-electron chi connectivity index (χ2n) is 5.92. The van der Waals surface area contributed by atoms with Crippen LogP contribution in [0.4, 0.5) is 0 Å². The third-order valence-corrected chi connectivity index (χ3v) is 4.82. The van der Waals surface area contributed by atoms with Crippen LogP contribution in [-0.4, -0.2) is 36.1 Å². The number of carbonyl (C=O) groups excluding carboxylic acids is 1. The first-order chi connectivity index (χ1) is 8.70. The first-order valence-corrected chi connectivity index (χ1v) is 7.61. The van der Waals surface area contributed by atoms with Gasteiger partial charge in [-0.05, 0) is 58.0 Å². The van der Waals surface area contributed by atoms with Gasteiger partial charge < -0.3 is 4.74 Å². The summed E-state index contributed by atoms with van der Waals surface area (Å²) in [6, 6.07) is 0. The minimum absolute atomic E-state index is 0.00107. The summed E-state index contributed by atoms with van der Waals surface area (Å²) in [4.78, 5) is 14.5. The predicted octanol–water partition coefficient (Wildman–Crippen LogP) is 2.98. The molecule has 104 valence electrons. The van der Waals surface area contributed by atoms with E-state index in [2.05, 4.69) is 11.8 Å². The summed E-state index contributed by atoms with van der Waals surface area (Å²) in [5, 5.41) is 0. The molecule has 1 aliphatic carbocycles. The Balaban J connectivity index is 2.05. The largest absolute Gasteiger partial charge is 0.466 e. The molecule has 2 aliphatic rings. The first kappa shape index (κ1) is 13.9. The van der Waals surface area contributed by atoms with Gasteiger partial charge in [-0.2, -0.15) is 0 Å². The molecular formula is C15H27NO2. The monoisotopic (exact) mass is 253 g/mol. The van der Waals surface area contributed by atoms with Crippen molar-refractivity contribution in [1.82, 2.24) is 4.90 Å². The van der Waals surface area contributed by atoms with Crippen LogP contribution in [0.15, 0.2) is 0 Å². The number of hydrogen-bond donors (Lipinski definition) is 0. The van der Waals surface area contributed by atoms with Gasteiger partial charge in [0, 0.05) is 5.54 Å². The van der Waals surface area contributed by atoms with Crippen molar-refractivity contribution < 1.29 is 9.53 Å². The molecule has 1 heterocycles. The number of hydrogen-bond acceptors (Lipinski definition) is 3. The fourth-order valence-corrected chi connectivity index (χ4v) is 3.79. The van der Waals surface area contributed by atoms with Crippen LogP contribution in [-0.2, 0) is 9.53 Å². The lowest BCUT2D eigenvalue weighted by Crippen LogP contribution is -2.47. The highest BCUT2D eigenvalue weighted by atomic mass is 16.5. The number of ether oxygens (including phenoxy) is 1. The zero-order valence-corrected chi connectivity index (χ0v) is 11.9. The third kappa shape index (κ3) is 2.87. The summed E-state index contributed by atoms with van der Waals surface area (Å²) in [6.07, 6.45) is 8.11. The highest BCUT2D eigenvalue weighted by Crippen LogP contribution is 2.44. The van der Waals surface area contributed by atoms with E-state index in [-0.39, 0.29) is 11.5 Å². The highest BCUT2D eigenvalue weighted by Gasteiger charge is 2.45. The molecule has 0 amide bonds. The standard InChI is InChI=1S/C15H27NO2/c1-3-13-7-8-15(11-13,12-14(17)18-4-2)16-9-5-6-10-16/h13H,3-12H2,1-2H3. The zero-order chi connectivity index (χ0) is 13.0. The average molecular weight is 253 g/mol. The van der Waals surface area contributed by atoms with E-state index in [1.54, 1.807) is 0 Å². The van der Waals surface area contributed by atoms with Crippen LogP contribution >= 0.6 is 0 Å². The first-order valence-electron chi connectivity index (χ1n) is 7.61. The summed E-state index contributed by atoms with van der Waals surface area (Å²) < 4.78 is 5.19. The fourth-order valence-electron chi connectivity index (χ4n) is 3.79. The van der Waals surface area contributed by atoms with E-state index < -0.39 is 0 Å². The molecule has 0 aromatic carbocycles. The van der Waals surface area contributed by atoms with Crippen LogP contribution < -0.4 is 0 Å². The van der Waals surface area contributed by atoms with Crippen LogP contribution in [0.1, 0.15) is 58.8 Å². The topological polar surface area (TPSA) is 29.5 Å². The minimum atomic E-state index is 0.00107. The van der Waals surface area contributed by atoms with Crippen molar-refractivity contribution in [2.75, 3.05) is 19.7 Å². The molecule has 2 unspecified atom stereocenters. The molecule has 1 saturated heterocycles. The Morgan fingerprint density at radius 3 is 2.61 bits per heavy atom. The van der Waals surface area contributed by atoms with E-state index in [0.717, 1.165) is 5.92 Å². The van der Waals surface area contributed by atoms with Crippen LogP contribution in [0.5, 0.6) is 0 Å². The maximum absolute atomic E-state index is 11.9. The molecule has 0 bridgehead atoms. The number of nitrogens with zero attached hydrogens (tertiary/aromatic N) is 1. The van der Waals surface area contributed by atoms with E-state index in [0.29, 0.717) is 13.0 Å². The number of likely N-dealkylation sites (tertiary alicyclic amines) is 1. The normalized spacial score (nSPS) is 32.9. The van der Waals surface area contributed by atoms with Gasteiger partial charge in [0.1, 0.15) is 0 Å². The number of esters is 1. The molecule has 2 rings (SSSR count). The molecule has 0 radical (unpaired) electrons. The molecule has 0 N–H and O–H groups in total. The Morgan fingerprint density at radius 2 is 2.06 bits per heavy atom. The van der Waals surface area contributed by atoms with Gasteiger partial charge in [0.15, 0.2) is 0 Å². The van der Waals surface area contributed by atoms with E-state index in [1.165, 1.54) is 51.6 Å². The highest BCUT2D eigenvalue weighted by molar-refractivity contribution is 5.71. The SMILES string of the molecule is CCOC(=O)CC1(N2CCCC2)CCC(CC)C1. The van der Waals surface area contributed by atoms with Gasteiger partial charge in [-0.15, -0.1) is 0 Å². The summed E-state index contributed by atoms with van der Waals surface area (Å²) in [7, 11) is 0. The fraction of sp³-hybridized carbons (Fsp3) is 0.933. The van der Waals surface area contributed by atoms with E-state index >= 15 is 0 Å². The van der Waals surface area contributed by atoms with Crippen molar-refractivity contribution in [3.8, 4) is 0 Å². The van der Waals surface area contributed by atoms with Crippen LogP contribution in [0.2, 0.25) is 0 Å². The van der Waals surface area contributed by atoms with Crippen molar-refractivity contribution in [1.29, 1.82) is 0 Å². The van der Waals surface area contributed by atoms with E-state index in [9.17, 15) is 4.79 Å². The van der Waals surface area contributed by atoms with Crippen molar-refractivity contribution in [3.63, 3.8) is 0 Å². The predicted molar refractivity (Wildman–Crippen MR) is 72.4 cm³/mol. The van der Waals surface area contributed by atoms with Crippen LogP contribution in [0, 0.1) is 5.92 Å². The number of rotatable bonds is 5. The Labute approximate surface area is 111 Å². The molecule has 1 saturated carbocycles. The Hall–Kier alpha value is -0.570. The second-order valence-corrected chi connectivity index (χ2v) is 5.92. The van der Waals surface area contributed by atoms with E-state index in [1.807, 2.05) is 6.92 Å². The Bertz CT molecular complexity index is 286. The van der Waals surface area contributed by atoms with Gasteiger partial charge in [0.2, 0.25) is 0 Å². The molecule has 2 fully saturated rings. The molecule has 0 aromatic heterocycles. The molecule has 3 nitrogen and oxygen atoms in total. The van der Waals surface area contributed by atoms with Crippen LogP contribution in [0.3, 0.4) is 0 Å². The smallest absolute Gasteiger partial charge is 0.307 e. The summed E-state index contributed by atoms with van der Waals surface area (Å²) >= 11 is 0. The molecule has 1 aliphatic heterocycles. The molecular weight excluding hydrogens is 226 g/mol. The van der Waals surface area contributed by atoms with Crippen molar-refractivity contribution >= 4 is 5.97 Å². The van der Waals surface area contributed by atoms with Gasteiger partial charge >= 0.3 is 5.97 Å². The molecule has 2 atom stereocenters.